The molecule has 11 heteroatoms. The lowest BCUT2D eigenvalue weighted by Crippen LogP contribution is -2.21. The molecule has 1 unspecified atom stereocenters. The molecule has 0 saturated carbocycles. The lowest BCUT2D eigenvalue weighted by atomic mass is 10.2. The average molecular weight is 379 g/mol. The number of carbonyl (C=O) groups excluding carboxylic acids is 1. The first-order valence-electron chi connectivity index (χ1n) is 7.81. The molecule has 0 radical (unpaired) electrons. The van der Waals surface area contributed by atoms with Gasteiger partial charge in [-0.05, 0) is 19.1 Å². The number of hydrogen-bond donors (Lipinski definition) is 2. The molecule has 9 nitrogen and oxygen atoms in total. The molecule has 0 aliphatic heterocycles. The van der Waals surface area contributed by atoms with Crippen molar-refractivity contribution in [1.29, 1.82) is 0 Å². The van der Waals surface area contributed by atoms with E-state index in [0.29, 0.717) is 0 Å². The van der Waals surface area contributed by atoms with Crippen molar-refractivity contribution in [2.75, 3.05) is 19.5 Å². The molecule has 27 heavy (non-hydrogen) atoms. The van der Waals surface area contributed by atoms with Crippen molar-refractivity contribution in [3.63, 3.8) is 0 Å². The number of aromatic nitrogens is 4. The Hall–Kier alpha value is -3.37. The number of alkyl halides is 2. The molecule has 0 spiro atoms. The number of anilines is 1. The molecule has 2 rings (SSSR count). The van der Waals surface area contributed by atoms with Crippen LogP contribution in [0.15, 0.2) is 41.0 Å². The highest BCUT2D eigenvalue weighted by molar-refractivity contribution is 6.17. The number of nitrogens with one attached hydrogen (secondary N) is 1. The van der Waals surface area contributed by atoms with Gasteiger partial charge in [-0.1, -0.05) is 6.07 Å². The Bertz CT molecular complexity index is 864. The number of nitrogens with zero attached hydrogens (tertiary/aromatic N) is 5. The third-order valence-electron chi connectivity index (χ3n) is 3.58. The molecule has 1 atom stereocenters. The van der Waals surface area contributed by atoms with Crippen LogP contribution in [0.25, 0.3) is 11.5 Å². The number of rotatable bonds is 7. The summed E-state index contributed by atoms with van der Waals surface area (Å²) in [5, 5.41) is 10.1. The van der Waals surface area contributed by atoms with Gasteiger partial charge >= 0.3 is 0 Å². The van der Waals surface area contributed by atoms with Gasteiger partial charge in [0.25, 0.3) is 12.3 Å². The van der Waals surface area contributed by atoms with E-state index in [1.54, 1.807) is 12.1 Å². The van der Waals surface area contributed by atoms with Crippen LogP contribution in [0.4, 0.5) is 14.6 Å². The van der Waals surface area contributed by atoms with E-state index in [1.807, 2.05) is 0 Å². The van der Waals surface area contributed by atoms with Gasteiger partial charge in [-0.3, -0.25) is 9.79 Å². The summed E-state index contributed by atoms with van der Waals surface area (Å²) in [6.07, 6.45) is -0.142. The van der Waals surface area contributed by atoms with E-state index in [2.05, 4.69) is 25.5 Å². The maximum Gasteiger partial charge on any atom is 0.263 e. The monoisotopic (exact) mass is 379 g/mol. The van der Waals surface area contributed by atoms with E-state index in [4.69, 9.17) is 10.5 Å². The molecule has 0 saturated heterocycles. The smallest absolute Gasteiger partial charge is 0.263 e. The van der Waals surface area contributed by atoms with E-state index in [1.165, 1.54) is 44.3 Å². The molecule has 0 aliphatic carbocycles. The molecular weight excluding hydrogens is 360 g/mol. The first kappa shape index (κ1) is 19.9. The third-order valence-corrected chi connectivity index (χ3v) is 3.58. The Morgan fingerprint density at radius 2 is 2.19 bits per heavy atom. The van der Waals surface area contributed by atoms with Crippen molar-refractivity contribution in [3.05, 3.63) is 36.0 Å². The van der Waals surface area contributed by atoms with Crippen LogP contribution in [-0.4, -0.2) is 52.5 Å². The lowest BCUT2D eigenvalue weighted by Gasteiger charge is -2.14. The van der Waals surface area contributed by atoms with Crippen LogP contribution in [0.2, 0.25) is 0 Å². The molecule has 0 fully saturated rings. The van der Waals surface area contributed by atoms with Gasteiger partial charge in [0.05, 0.1) is 13.2 Å². The van der Waals surface area contributed by atoms with Crippen LogP contribution in [0.3, 0.4) is 0 Å². The number of ether oxygens (including phenoxy) is 1. The Labute approximate surface area is 154 Å². The van der Waals surface area contributed by atoms with Gasteiger partial charge in [0.2, 0.25) is 0 Å². The third kappa shape index (κ3) is 4.63. The topological polar surface area (TPSA) is 120 Å². The van der Waals surface area contributed by atoms with Gasteiger partial charge < -0.3 is 20.4 Å². The van der Waals surface area contributed by atoms with E-state index < -0.39 is 18.4 Å². The number of nitrogens with two attached hydrogens (primary N) is 1. The Morgan fingerprint density at radius 1 is 1.44 bits per heavy atom. The zero-order valence-corrected chi connectivity index (χ0v) is 14.9. The van der Waals surface area contributed by atoms with Crippen LogP contribution in [0.1, 0.15) is 13.0 Å². The van der Waals surface area contributed by atoms with Crippen molar-refractivity contribution < 1.29 is 18.3 Å². The van der Waals surface area contributed by atoms with Crippen molar-refractivity contribution in [2.24, 2.45) is 10.7 Å². The second-order valence-electron chi connectivity index (χ2n) is 5.37. The molecular formula is C16H19F2N7O2. The summed E-state index contributed by atoms with van der Waals surface area (Å²) in [6, 6.07) is 3.57. The number of pyridine rings is 1. The minimum Gasteiger partial charge on any atom is -0.482 e. The average Bonchev–Trinajstić information content (AvgIpc) is 3.14. The second kappa shape index (κ2) is 8.83. The van der Waals surface area contributed by atoms with Gasteiger partial charge in [-0.25, -0.2) is 13.8 Å². The minimum absolute atomic E-state index is 0.0155. The Morgan fingerprint density at radius 3 is 2.81 bits per heavy atom. The van der Waals surface area contributed by atoms with Crippen molar-refractivity contribution in [2.45, 2.75) is 19.4 Å². The van der Waals surface area contributed by atoms with Gasteiger partial charge in [-0.15, -0.1) is 10.2 Å². The maximum atomic E-state index is 13.0. The zero-order chi connectivity index (χ0) is 20.0. The molecule has 2 heterocycles. The van der Waals surface area contributed by atoms with Crippen molar-refractivity contribution in [3.8, 4) is 11.5 Å². The normalized spacial score (nSPS) is 13.6. The van der Waals surface area contributed by atoms with Gasteiger partial charge in [0.1, 0.15) is 23.4 Å². The number of carbonyl (C=O) groups is 1. The van der Waals surface area contributed by atoms with E-state index in [9.17, 15) is 13.6 Å². The molecule has 0 aliphatic rings. The first-order chi connectivity index (χ1) is 12.9. The van der Waals surface area contributed by atoms with Gasteiger partial charge in [0.15, 0.2) is 11.7 Å². The standard InChI is InChI=1S/C16H19F2N7O2/c1-9(13(17)18)25-8-21-24-15(25)11-5-4-6-12(22-11)23-16(26)10(7-20-2)14(19)27-3/h4-9,13H,19H2,1-3H3,(H,22,23,26). The molecule has 0 aromatic carbocycles. The fraction of sp³-hybridized carbons (Fsp3) is 0.312. The van der Waals surface area contributed by atoms with Crippen molar-refractivity contribution >= 4 is 17.9 Å². The molecule has 144 valence electrons. The number of hydrogen-bond acceptors (Lipinski definition) is 7. The predicted molar refractivity (Wildman–Crippen MR) is 95.2 cm³/mol. The summed E-state index contributed by atoms with van der Waals surface area (Å²) in [7, 11) is 2.80. The number of amides is 1. The summed E-state index contributed by atoms with van der Waals surface area (Å²) in [5.74, 6) is -0.379. The first-order valence-corrected chi connectivity index (χ1v) is 7.81. The summed E-state index contributed by atoms with van der Waals surface area (Å²) in [4.78, 5) is 20.4. The fourth-order valence-corrected chi connectivity index (χ4v) is 2.13. The van der Waals surface area contributed by atoms with Crippen LogP contribution in [0, 0.1) is 0 Å². The van der Waals surface area contributed by atoms with Gasteiger partial charge in [-0.2, -0.15) is 0 Å². The van der Waals surface area contributed by atoms with E-state index >= 15 is 0 Å². The minimum atomic E-state index is -2.60. The summed E-state index contributed by atoms with van der Waals surface area (Å²) in [6.45, 7) is 1.35. The highest BCUT2D eigenvalue weighted by atomic mass is 19.3. The molecule has 0 bridgehead atoms. The Balaban J connectivity index is 2.32. The van der Waals surface area contributed by atoms with Crippen LogP contribution in [0.5, 0.6) is 0 Å². The SMILES string of the molecule is CN=CC(C(=O)Nc1cccc(-c2nncn2C(C)C(F)F)n1)=C(N)OC. The zero-order valence-electron chi connectivity index (χ0n) is 14.9. The summed E-state index contributed by atoms with van der Waals surface area (Å²) >= 11 is 0. The van der Waals surface area contributed by atoms with Crippen molar-refractivity contribution in [1.82, 2.24) is 19.7 Å². The summed E-state index contributed by atoms with van der Waals surface area (Å²) < 4.78 is 32.1. The highest BCUT2D eigenvalue weighted by Crippen LogP contribution is 2.23. The number of methoxy groups -OCH3 is 1. The Kier molecular flexibility index (Phi) is 6.52. The van der Waals surface area contributed by atoms with Gasteiger partial charge in [0, 0.05) is 13.3 Å². The predicted octanol–water partition coefficient (Wildman–Crippen LogP) is 1.62. The second-order valence-corrected chi connectivity index (χ2v) is 5.37. The molecule has 1 amide bonds. The number of aliphatic imine (C=N–C) groups is 1. The fourth-order valence-electron chi connectivity index (χ4n) is 2.13. The highest BCUT2D eigenvalue weighted by Gasteiger charge is 2.22. The molecule has 2 aromatic heterocycles. The molecule has 3 N–H and O–H groups in total. The quantitative estimate of drug-likeness (QED) is 0.428. The van der Waals surface area contributed by atoms with Crippen LogP contribution >= 0.6 is 0 Å². The summed E-state index contributed by atoms with van der Waals surface area (Å²) in [5.41, 5.74) is 5.92. The maximum absolute atomic E-state index is 13.0. The number of halogens is 2. The van der Waals surface area contributed by atoms with Crippen LogP contribution in [-0.2, 0) is 9.53 Å². The van der Waals surface area contributed by atoms with E-state index in [-0.39, 0.29) is 28.8 Å². The molecule has 2 aromatic rings. The van der Waals surface area contributed by atoms with Crippen LogP contribution < -0.4 is 11.1 Å². The largest absolute Gasteiger partial charge is 0.482 e. The lowest BCUT2D eigenvalue weighted by molar-refractivity contribution is -0.112. The van der Waals surface area contributed by atoms with E-state index in [0.717, 1.165) is 0 Å².